The number of thiophene rings is 1. The van der Waals surface area contributed by atoms with E-state index >= 15 is 0 Å². The predicted octanol–water partition coefficient (Wildman–Crippen LogP) is 1.27. The Balaban J connectivity index is 2.60. The zero-order valence-electron chi connectivity index (χ0n) is 9.90. The number of hydrogen-bond donors (Lipinski definition) is 3. The first-order valence-electron chi connectivity index (χ1n) is 5.23. The third-order valence-electron chi connectivity index (χ3n) is 2.14. The molecule has 0 aromatic carbocycles. The Labute approximate surface area is 100 Å². The van der Waals surface area contributed by atoms with Gasteiger partial charge in [0, 0.05) is 6.04 Å². The highest BCUT2D eigenvalue weighted by Gasteiger charge is 2.23. The highest BCUT2D eigenvalue weighted by Crippen LogP contribution is 2.22. The second kappa shape index (κ2) is 5.32. The van der Waals surface area contributed by atoms with Crippen LogP contribution in [0.1, 0.15) is 26.3 Å². The van der Waals surface area contributed by atoms with Gasteiger partial charge in [-0.15, -0.1) is 0 Å². The summed E-state index contributed by atoms with van der Waals surface area (Å²) in [5, 5.41) is 17.0. The zero-order chi connectivity index (χ0) is 12.2. The number of rotatable bonds is 4. The average Bonchev–Trinajstić information content (AvgIpc) is 2.67. The van der Waals surface area contributed by atoms with Crippen LogP contribution in [0.5, 0.6) is 0 Å². The maximum absolute atomic E-state index is 10.2. The van der Waals surface area contributed by atoms with E-state index in [1.165, 1.54) is 0 Å². The minimum atomic E-state index is -0.955. The van der Waals surface area contributed by atoms with Crippen LogP contribution < -0.4 is 11.1 Å². The van der Waals surface area contributed by atoms with Crippen molar-refractivity contribution in [2.24, 2.45) is 10.7 Å². The summed E-state index contributed by atoms with van der Waals surface area (Å²) in [6.07, 6.45) is 0. The van der Waals surface area contributed by atoms with E-state index in [0.717, 1.165) is 5.56 Å². The van der Waals surface area contributed by atoms with E-state index in [1.54, 1.807) is 18.3 Å². The molecule has 0 bridgehead atoms. The molecule has 0 aliphatic heterocycles. The van der Waals surface area contributed by atoms with Crippen LogP contribution in [0.2, 0.25) is 0 Å². The largest absolute Gasteiger partial charge is 0.383 e. The fourth-order valence-corrected chi connectivity index (χ4v) is 2.03. The van der Waals surface area contributed by atoms with E-state index in [1.807, 2.05) is 30.7 Å². The van der Waals surface area contributed by atoms with E-state index in [9.17, 15) is 5.11 Å². The molecular formula is C11H19N3OS. The van der Waals surface area contributed by atoms with Gasteiger partial charge in [0.15, 0.2) is 5.96 Å². The lowest BCUT2D eigenvalue weighted by Crippen LogP contribution is -2.38. The van der Waals surface area contributed by atoms with Crippen LogP contribution in [0.25, 0.3) is 0 Å². The molecule has 1 heterocycles. The zero-order valence-corrected chi connectivity index (χ0v) is 10.7. The average molecular weight is 241 g/mol. The molecular weight excluding hydrogens is 222 g/mol. The van der Waals surface area contributed by atoms with Crippen LogP contribution in [-0.4, -0.2) is 23.7 Å². The second-order valence-electron chi connectivity index (χ2n) is 4.29. The van der Waals surface area contributed by atoms with Gasteiger partial charge in [-0.1, -0.05) is 0 Å². The van der Waals surface area contributed by atoms with Gasteiger partial charge < -0.3 is 16.2 Å². The molecule has 1 rings (SSSR count). The molecule has 5 heteroatoms. The number of aliphatic hydroxyl groups is 1. The topological polar surface area (TPSA) is 70.6 Å². The van der Waals surface area contributed by atoms with Crippen molar-refractivity contribution in [3.63, 3.8) is 0 Å². The molecule has 1 unspecified atom stereocenters. The van der Waals surface area contributed by atoms with Gasteiger partial charge >= 0.3 is 0 Å². The molecule has 0 aliphatic rings. The maximum atomic E-state index is 10.2. The van der Waals surface area contributed by atoms with Gasteiger partial charge in [0.25, 0.3) is 0 Å². The van der Waals surface area contributed by atoms with Gasteiger partial charge in [-0.25, -0.2) is 0 Å². The quantitative estimate of drug-likeness (QED) is 0.549. The van der Waals surface area contributed by atoms with Gasteiger partial charge in [-0.3, -0.25) is 4.99 Å². The predicted molar refractivity (Wildman–Crippen MR) is 68.7 cm³/mol. The third-order valence-corrected chi connectivity index (χ3v) is 2.82. The van der Waals surface area contributed by atoms with E-state index < -0.39 is 5.60 Å². The summed E-state index contributed by atoms with van der Waals surface area (Å²) in [7, 11) is 0. The highest BCUT2D eigenvalue weighted by molar-refractivity contribution is 7.08. The Bertz CT molecular complexity index is 344. The van der Waals surface area contributed by atoms with Crippen molar-refractivity contribution in [3.05, 3.63) is 22.4 Å². The molecule has 0 aliphatic carbocycles. The van der Waals surface area contributed by atoms with Gasteiger partial charge in [0.1, 0.15) is 5.60 Å². The van der Waals surface area contributed by atoms with Gasteiger partial charge in [0.2, 0.25) is 0 Å². The molecule has 16 heavy (non-hydrogen) atoms. The Morgan fingerprint density at radius 3 is 2.88 bits per heavy atom. The minimum Gasteiger partial charge on any atom is -0.383 e. The molecule has 0 spiro atoms. The number of guanidine groups is 1. The Morgan fingerprint density at radius 2 is 2.38 bits per heavy atom. The summed E-state index contributed by atoms with van der Waals surface area (Å²) >= 11 is 1.56. The van der Waals surface area contributed by atoms with Crippen molar-refractivity contribution >= 4 is 17.3 Å². The first kappa shape index (κ1) is 13.0. The number of nitrogens with one attached hydrogen (secondary N) is 1. The lowest BCUT2D eigenvalue weighted by atomic mass is 10.00. The van der Waals surface area contributed by atoms with Crippen LogP contribution in [0.3, 0.4) is 0 Å². The lowest BCUT2D eigenvalue weighted by Gasteiger charge is -2.20. The fraction of sp³-hybridized carbons (Fsp3) is 0.545. The van der Waals surface area contributed by atoms with Gasteiger partial charge in [-0.2, -0.15) is 11.3 Å². The van der Waals surface area contributed by atoms with Crippen molar-refractivity contribution in [2.45, 2.75) is 32.4 Å². The van der Waals surface area contributed by atoms with Crippen LogP contribution in [0.15, 0.2) is 21.8 Å². The highest BCUT2D eigenvalue weighted by atomic mass is 32.1. The van der Waals surface area contributed by atoms with Crippen LogP contribution in [-0.2, 0) is 5.60 Å². The van der Waals surface area contributed by atoms with Crippen molar-refractivity contribution in [1.82, 2.24) is 5.32 Å². The SMILES string of the molecule is CC(C)NC(N)=NCC(C)(O)c1ccsc1. The molecule has 0 saturated heterocycles. The maximum Gasteiger partial charge on any atom is 0.188 e. The molecule has 4 N–H and O–H groups in total. The van der Waals surface area contributed by atoms with E-state index in [-0.39, 0.29) is 12.6 Å². The summed E-state index contributed by atoms with van der Waals surface area (Å²) < 4.78 is 0. The summed E-state index contributed by atoms with van der Waals surface area (Å²) in [6.45, 7) is 5.97. The smallest absolute Gasteiger partial charge is 0.188 e. The van der Waals surface area contributed by atoms with E-state index in [4.69, 9.17) is 5.73 Å². The molecule has 0 radical (unpaired) electrons. The summed E-state index contributed by atoms with van der Waals surface area (Å²) in [6, 6.07) is 2.14. The van der Waals surface area contributed by atoms with Crippen molar-refractivity contribution in [2.75, 3.05) is 6.54 Å². The molecule has 1 aromatic rings. The molecule has 0 saturated carbocycles. The standard InChI is InChI=1S/C11H19N3OS/c1-8(2)14-10(12)13-7-11(3,15)9-4-5-16-6-9/h4-6,8,15H,7H2,1-3H3,(H3,12,13,14). The number of nitrogens with zero attached hydrogens (tertiary/aromatic N) is 1. The first-order chi connectivity index (χ1) is 7.42. The van der Waals surface area contributed by atoms with E-state index in [0.29, 0.717) is 5.96 Å². The molecule has 90 valence electrons. The number of aliphatic imine (C=N–C) groups is 1. The minimum absolute atomic E-state index is 0.245. The van der Waals surface area contributed by atoms with E-state index in [2.05, 4.69) is 10.3 Å². The van der Waals surface area contributed by atoms with Crippen LogP contribution >= 0.6 is 11.3 Å². The Morgan fingerprint density at radius 1 is 1.69 bits per heavy atom. The van der Waals surface area contributed by atoms with Gasteiger partial charge in [0.05, 0.1) is 6.54 Å². The molecule has 4 nitrogen and oxygen atoms in total. The molecule has 0 fully saturated rings. The van der Waals surface area contributed by atoms with Crippen molar-refractivity contribution in [1.29, 1.82) is 0 Å². The summed E-state index contributed by atoms with van der Waals surface area (Å²) in [4.78, 5) is 4.13. The van der Waals surface area contributed by atoms with Crippen molar-refractivity contribution in [3.8, 4) is 0 Å². The van der Waals surface area contributed by atoms with Gasteiger partial charge in [-0.05, 0) is 43.2 Å². The number of nitrogens with two attached hydrogens (primary N) is 1. The van der Waals surface area contributed by atoms with Crippen LogP contribution in [0, 0.1) is 0 Å². The molecule has 0 amide bonds. The fourth-order valence-electron chi connectivity index (χ4n) is 1.24. The molecule has 1 atom stereocenters. The monoisotopic (exact) mass is 241 g/mol. The normalized spacial score (nSPS) is 16.2. The van der Waals surface area contributed by atoms with Crippen molar-refractivity contribution < 1.29 is 5.11 Å². The molecule has 1 aromatic heterocycles. The Hall–Kier alpha value is -1.07. The summed E-state index contributed by atoms with van der Waals surface area (Å²) in [5.74, 6) is 0.366. The summed E-state index contributed by atoms with van der Waals surface area (Å²) in [5.41, 5.74) is 5.58. The second-order valence-corrected chi connectivity index (χ2v) is 5.07. The first-order valence-corrected chi connectivity index (χ1v) is 6.17. The lowest BCUT2D eigenvalue weighted by molar-refractivity contribution is 0.0677. The number of hydrogen-bond acceptors (Lipinski definition) is 3. The Kier molecular flexibility index (Phi) is 4.32. The van der Waals surface area contributed by atoms with Crippen LogP contribution in [0.4, 0.5) is 0 Å². The third kappa shape index (κ3) is 3.83.